The summed E-state index contributed by atoms with van der Waals surface area (Å²) < 4.78 is 6.66. The molecule has 0 unspecified atom stereocenters. The number of aryl methyl sites for hydroxylation is 1. The van der Waals surface area contributed by atoms with Gasteiger partial charge >= 0.3 is 0 Å². The van der Waals surface area contributed by atoms with Gasteiger partial charge in [-0.2, -0.15) is 0 Å². The van der Waals surface area contributed by atoms with E-state index in [1.165, 1.54) is 12.1 Å². The number of carbonyl (C=O) groups is 2. The summed E-state index contributed by atoms with van der Waals surface area (Å²) in [6, 6.07) is 15.6. The van der Waals surface area contributed by atoms with Gasteiger partial charge in [0.25, 0.3) is 5.91 Å². The van der Waals surface area contributed by atoms with Gasteiger partial charge in [-0.3, -0.25) is 14.3 Å². The largest absolute Gasteiger partial charge is 0.348 e. The minimum Gasteiger partial charge on any atom is -0.348 e. The van der Waals surface area contributed by atoms with Crippen LogP contribution in [0.4, 0.5) is 0 Å². The second-order valence-electron chi connectivity index (χ2n) is 7.47. The van der Waals surface area contributed by atoms with Gasteiger partial charge in [-0.05, 0) is 36.6 Å². The van der Waals surface area contributed by atoms with Crippen molar-refractivity contribution < 1.29 is 9.59 Å². The maximum atomic E-state index is 13.1. The van der Waals surface area contributed by atoms with Gasteiger partial charge in [-0.25, -0.2) is 4.31 Å². The van der Waals surface area contributed by atoms with E-state index in [2.05, 4.69) is 26.5 Å². The van der Waals surface area contributed by atoms with Crippen molar-refractivity contribution >= 4 is 58.6 Å². The summed E-state index contributed by atoms with van der Waals surface area (Å²) in [5.74, 6) is -0.144. The average molecular weight is 477 g/mol. The fraction of sp³-hybridized carbons (Fsp3) is 0.273. The number of amides is 2. The second-order valence-corrected chi connectivity index (χ2v) is 9.14. The highest BCUT2D eigenvalue weighted by molar-refractivity contribution is 7.95. The van der Waals surface area contributed by atoms with Crippen LogP contribution in [0.25, 0.3) is 10.9 Å². The predicted molar refractivity (Wildman–Crippen MR) is 126 cm³/mol. The Morgan fingerprint density at radius 1 is 1.19 bits per heavy atom. The molecule has 0 spiro atoms. The Morgan fingerprint density at radius 3 is 2.71 bits per heavy atom. The zero-order valence-corrected chi connectivity index (χ0v) is 19.2. The van der Waals surface area contributed by atoms with Crippen LogP contribution in [0.3, 0.4) is 0 Å². The zero-order valence-electron chi connectivity index (χ0n) is 16.8. The van der Waals surface area contributed by atoms with Gasteiger partial charge in [0.2, 0.25) is 6.41 Å². The first-order valence-electron chi connectivity index (χ1n) is 9.91. The maximum Gasteiger partial charge on any atom is 0.268 e. The van der Waals surface area contributed by atoms with Gasteiger partial charge in [0.15, 0.2) is 0 Å². The average Bonchev–Trinajstić information content (AvgIpc) is 3.13. The lowest BCUT2D eigenvalue weighted by Gasteiger charge is -2.38. The molecule has 2 aromatic carbocycles. The van der Waals surface area contributed by atoms with Gasteiger partial charge in [0.1, 0.15) is 5.69 Å². The number of aromatic nitrogens is 1. The molecule has 0 aliphatic carbocycles. The van der Waals surface area contributed by atoms with Crippen molar-refractivity contribution in [3.63, 3.8) is 0 Å². The monoisotopic (exact) mass is 476 g/mol. The van der Waals surface area contributed by atoms with E-state index in [-0.39, 0.29) is 18.0 Å². The fourth-order valence-electron chi connectivity index (χ4n) is 4.08. The number of piperidine rings is 1. The molecule has 0 radical (unpaired) electrons. The topological polar surface area (TPSA) is 66.4 Å². The van der Waals surface area contributed by atoms with Crippen LogP contribution in [0.5, 0.6) is 0 Å². The minimum absolute atomic E-state index is 0.00265. The van der Waals surface area contributed by atoms with Gasteiger partial charge in [0, 0.05) is 48.7 Å². The van der Waals surface area contributed by atoms with Gasteiger partial charge in [0.05, 0.1) is 10.0 Å². The first-order valence-corrected chi connectivity index (χ1v) is 11.4. The molecule has 0 bridgehead atoms. The fourth-order valence-corrected chi connectivity index (χ4v) is 5.17. The Hall–Kier alpha value is -2.19. The molecule has 4 rings (SSSR count). The molecule has 162 valence electrons. The molecule has 1 aliphatic heterocycles. The number of fused-ring (bicyclic) bond motifs is 1. The van der Waals surface area contributed by atoms with Gasteiger partial charge in [-0.1, -0.05) is 53.5 Å². The molecule has 6 nitrogen and oxygen atoms in total. The normalized spacial score (nSPS) is 19.3. The van der Waals surface area contributed by atoms with E-state index < -0.39 is 0 Å². The highest BCUT2D eigenvalue weighted by Gasteiger charge is 2.31. The van der Waals surface area contributed by atoms with E-state index in [1.54, 1.807) is 12.1 Å². The molecule has 1 aromatic heterocycles. The Labute approximate surface area is 195 Å². The van der Waals surface area contributed by atoms with Crippen LogP contribution < -0.4 is 10.0 Å². The van der Waals surface area contributed by atoms with Crippen LogP contribution in [-0.4, -0.2) is 33.8 Å². The highest BCUT2D eigenvalue weighted by Crippen LogP contribution is 2.35. The number of nitrogens with zero attached hydrogens (tertiary/aromatic N) is 2. The van der Waals surface area contributed by atoms with Crippen molar-refractivity contribution in [2.45, 2.75) is 24.9 Å². The lowest BCUT2D eigenvalue weighted by atomic mass is 9.93. The van der Waals surface area contributed by atoms with E-state index in [4.69, 9.17) is 23.2 Å². The molecule has 9 heteroatoms. The first-order chi connectivity index (χ1) is 15.0. The number of hydrogen-bond acceptors (Lipinski definition) is 4. The van der Waals surface area contributed by atoms with Crippen molar-refractivity contribution in [1.82, 2.24) is 18.9 Å². The van der Waals surface area contributed by atoms with E-state index in [9.17, 15) is 9.59 Å². The molecule has 2 N–H and O–H groups in total. The lowest BCUT2D eigenvalue weighted by Crippen LogP contribution is -2.45. The smallest absolute Gasteiger partial charge is 0.268 e. The third-order valence-corrected chi connectivity index (χ3v) is 7.33. The summed E-state index contributed by atoms with van der Waals surface area (Å²) in [6.07, 6.45) is 2.19. The van der Waals surface area contributed by atoms with Crippen LogP contribution in [-0.2, 0) is 11.8 Å². The molecule has 2 amide bonds. The quantitative estimate of drug-likeness (QED) is 0.398. The van der Waals surface area contributed by atoms with Crippen LogP contribution >= 0.6 is 35.3 Å². The first kappa shape index (κ1) is 22.0. The zero-order chi connectivity index (χ0) is 22.0. The van der Waals surface area contributed by atoms with Crippen molar-refractivity contribution in [3.8, 4) is 0 Å². The van der Waals surface area contributed by atoms with Crippen molar-refractivity contribution in [3.05, 3.63) is 69.8 Å². The number of halogens is 2. The molecular weight excluding hydrogens is 455 g/mol. The molecule has 2 atom stereocenters. The summed E-state index contributed by atoms with van der Waals surface area (Å²) >= 11 is 13.8. The molecule has 1 saturated heterocycles. The molecule has 0 saturated carbocycles. The third-order valence-electron chi connectivity index (χ3n) is 5.64. The van der Waals surface area contributed by atoms with Gasteiger partial charge in [-0.15, -0.1) is 0 Å². The number of carbonyl (C=O) groups excluding carboxylic acids is 2. The summed E-state index contributed by atoms with van der Waals surface area (Å²) in [7, 11) is 1.85. The van der Waals surface area contributed by atoms with Gasteiger partial charge < -0.3 is 9.88 Å². The van der Waals surface area contributed by atoms with E-state index in [0.717, 1.165) is 35.9 Å². The second kappa shape index (κ2) is 9.53. The summed E-state index contributed by atoms with van der Waals surface area (Å²) in [4.78, 5) is 23.9. The molecule has 3 aromatic rings. The summed E-state index contributed by atoms with van der Waals surface area (Å²) in [6.45, 7) is 0.729. The molecule has 31 heavy (non-hydrogen) atoms. The summed E-state index contributed by atoms with van der Waals surface area (Å²) in [5, 5.41) is 4.86. The van der Waals surface area contributed by atoms with Crippen LogP contribution in [0.2, 0.25) is 10.0 Å². The van der Waals surface area contributed by atoms with Crippen molar-refractivity contribution in [1.29, 1.82) is 0 Å². The molecule has 1 fully saturated rings. The standard InChI is InChI=1S/C22H22Cl2N4O2S/c1-27-18-8-7-17(23)21(24)16(18)12-20(27)22(30)26-15-9-10-28(31-25-13-29)19(11-15)14-5-3-2-4-6-14/h2-8,12-13,15,19H,9-11H2,1H3,(H,25,29)(H,26,30)/t15-,19+/m0/s1. The number of hydrogen-bond donors (Lipinski definition) is 2. The predicted octanol–water partition coefficient (Wildman–Crippen LogP) is 4.73. The number of benzene rings is 2. The van der Waals surface area contributed by atoms with E-state index >= 15 is 0 Å². The minimum atomic E-state index is -0.144. The Kier molecular flexibility index (Phi) is 6.77. The Morgan fingerprint density at radius 2 is 1.97 bits per heavy atom. The summed E-state index contributed by atoms with van der Waals surface area (Å²) in [5.41, 5.74) is 2.54. The molecular formula is C22H22Cl2N4O2S. The Balaban J connectivity index is 1.53. The third kappa shape index (κ3) is 4.55. The molecule has 2 heterocycles. The van der Waals surface area contributed by atoms with Crippen LogP contribution in [0, 0.1) is 0 Å². The molecule has 1 aliphatic rings. The number of nitrogens with one attached hydrogen (secondary N) is 2. The Bertz CT molecular complexity index is 1110. The lowest BCUT2D eigenvalue weighted by molar-refractivity contribution is -0.108. The maximum absolute atomic E-state index is 13.1. The highest BCUT2D eigenvalue weighted by atomic mass is 35.5. The number of rotatable bonds is 6. The SMILES string of the molecule is Cn1c(C(=O)N[C@H]2CCN(SNC=O)[C@@H](c3ccccc3)C2)cc2c(Cl)c(Cl)ccc21. The van der Waals surface area contributed by atoms with E-state index in [0.29, 0.717) is 22.1 Å². The van der Waals surface area contributed by atoms with Crippen molar-refractivity contribution in [2.75, 3.05) is 6.54 Å². The van der Waals surface area contributed by atoms with Crippen LogP contribution in [0.15, 0.2) is 48.5 Å². The van der Waals surface area contributed by atoms with Crippen LogP contribution in [0.1, 0.15) is 34.9 Å². The van der Waals surface area contributed by atoms with Crippen molar-refractivity contribution in [2.24, 2.45) is 7.05 Å². The van der Waals surface area contributed by atoms with E-state index in [1.807, 2.05) is 35.9 Å².